The highest BCUT2D eigenvalue weighted by atomic mass is 19.4. The predicted molar refractivity (Wildman–Crippen MR) is 68.1 cm³/mol. The number of nitrogens with zero attached hydrogens (tertiary/aromatic N) is 2. The number of nitrogens with one attached hydrogen (secondary N) is 1. The number of rotatable bonds is 7. The van der Waals surface area contributed by atoms with Crippen molar-refractivity contribution in [3.05, 3.63) is 11.8 Å². The van der Waals surface area contributed by atoms with Gasteiger partial charge in [-0.05, 0) is 25.2 Å². The third-order valence-corrected chi connectivity index (χ3v) is 2.86. The highest BCUT2D eigenvalue weighted by molar-refractivity contribution is 5.41. The van der Waals surface area contributed by atoms with E-state index in [1.165, 1.54) is 12.8 Å². The van der Waals surface area contributed by atoms with Gasteiger partial charge in [0.25, 0.3) is 0 Å². The quantitative estimate of drug-likeness (QED) is 0.754. The van der Waals surface area contributed by atoms with Gasteiger partial charge in [0.15, 0.2) is 5.69 Å². The Kier molecular flexibility index (Phi) is 4.64. The Balaban J connectivity index is 1.75. The van der Waals surface area contributed by atoms with Crippen LogP contribution in [-0.2, 0) is 10.9 Å². The Morgan fingerprint density at radius 2 is 2.10 bits per heavy atom. The molecule has 1 aliphatic carbocycles. The van der Waals surface area contributed by atoms with Crippen molar-refractivity contribution in [2.24, 2.45) is 5.92 Å². The summed E-state index contributed by atoms with van der Waals surface area (Å²) in [6, 6.07) is 0.849. The molecule has 0 atom stereocenters. The Labute approximate surface area is 114 Å². The third-order valence-electron chi connectivity index (χ3n) is 2.86. The van der Waals surface area contributed by atoms with E-state index < -0.39 is 17.8 Å². The summed E-state index contributed by atoms with van der Waals surface area (Å²) in [6.45, 7) is 1.83. The summed E-state index contributed by atoms with van der Waals surface area (Å²) in [6.07, 6.45) is -1.36. The SMILES string of the molecule is Nc1nc(NCCCOCC2CC2)cc(C(F)(F)F)n1. The molecule has 0 radical (unpaired) electrons. The third kappa shape index (κ3) is 4.84. The number of anilines is 2. The molecule has 0 saturated heterocycles. The average molecular weight is 290 g/mol. The van der Waals surface area contributed by atoms with E-state index in [1.807, 2.05) is 0 Å². The molecule has 1 aromatic rings. The molecule has 0 bridgehead atoms. The molecule has 0 amide bonds. The Morgan fingerprint density at radius 1 is 1.35 bits per heavy atom. The Morgan fingerprint density at radius 3 is 2.75 bits per heavy atom. The lowest BCUT2D eigenvalue weighted by Crippen LogP contribution is -2.14. The normalized spacial score (nSPS) is 15.3. The van der Waals surface area contributed by atoms with Gasteiger partial charge in [-0.25, -0.2) is 4.98 Å². The number of alkyl halides is 3. The minimum atomic E-state index is -4.53. The molecule has 0 spiro atoms. The molecule has 0 aliphatic heterocycles. The zero-order valence-electron chi connectivity index (χ0n) is 10.9. The molecule has 1 fully saturated rings. The predicted octanol–water partition coefficient (Wildman–Crippen LogP) is 2.31. The van der Waals surface area contributed by atoms with Crippen LogP contribution < -0.4 is 11.1 Å². The van der Waals surface area contributed by atoms with E-state index in [-0.39, 0.29) is 5.82 Å². The first-order chi connectivity index (χ1) is 9.45. The number of hydrogen-bond acceptors (Lipinski definition) is 5. The summed E-state index contributed by atoms with van der Waals surface area (Å²) < 4.78 is 43.0. The second-order valence-corrected chi connectivity index (χ2v) is 4.79. The van der Waals surface area contributed by atoms with Crippen molar-refractivity contribution in [3.63, 3.8) is 0 Å². The maximum Gasteiger partial charge on any atom is 0.433 e. The maximum atomic E-state index is 12.5. The van der Waals surface area contributed by atoms with Crippen molar-refractivity contribution in [2.75, 3.05) is 30.8 Å². The van der Waals surface area contributed by atoms with Gasteiger partial charge in [-0.3, -0.25) is 0 Å². The number of aromatic nitrogens is 2. The van der Waals surface area contributed by atoms with Crippen LogP contribution in [-0.4, -0.2) is 29.7 Å². The van der Waals surface area contributed by atoms with Crippen molar-refractivity contribution < 1.29 is 17.9 Å². The number of halogens is 3. The fourth-order valence-corrected chi connectivity index (χ4v) is 1.63. The van der Waals surface area contributed by atoms with Crippen LogP contribution >= 0.6 is 0 Å². The molecule has 1 aliphatic rings. The van der Waals surface area contributed by atoms with Gasteiger partial charge in [0.05, 0.1) is 0 Å². The summed E-state index contributed by atoms with van der Waals surface area (Å²) in [4.78, 5) is 6.88. The molecule has 0 aromatic carbocycles. The molecular weight excluding hydrogens is 273 g/mol. The van der Waals surface area contributed by atoms with Crippen LogP contribution in [0.1, 0.15) is 25.0 Å². The van der Waals surface area contributed by atoms with E-state index >= 15 is 0 Å². The fraction of sp³-hybridized carbons (Fsp3) is 0.667. The van der Waals surface area contributed by atoms with Crippen molar-refractivity contribution in [2.45, 2.75) is 25.4 Å². The lowest BCUT2D eigenvalue weighted by Gasteiger charge is -2.10. The van der Waals surface area contributed by atoms with E-state index in [2.05, 4.69) is 15.3 Å². The number of nitrogen functional groups attached to an aromatic ring is 1. The van der Waals surface area contributed by atoms with Gasteiger partial charge < -0.3 is 15.8 Å². The van der Waals surface area contributed by atoms with Crippen molar-refractivity contribution in [3.8, 4) is 0 Å². The number of ether oxygens (including phenoxy) is 1. The lowest BCUT2D eigenvalue weighted by atomic mass is 10.3. The second kappa shape index (κ2) is 6.25. The van der Waals surface area contributed by atoms with E-state index in [0.717, 1.165) is 12.7 Å². The standard InChI is InChI=1S/C12H17F3N4O/c13-12(14,15)9-6-10(19-11(16)18-9)17-4-1-5-20-7-8-2-3-8/h6,8H,1-5,7H2,(H3,16,17,18,19). The van der Waals surface area contributed by atoms with Gasteiger partial charge in [0, 0.05) is 25.8 Å². The minimum absolute atomic E-state index is 0.0759. The fourth-order valence-electron chi connectivity index (χ4n) is 1.63. The van der Waals surface area contributed by atoms with Gasteiger partial charge in [-0.2, -0.15) is 18.2 Å². The first kappa shape index (κ1) is 14.8. The first-order valence-electron chi connectivity index (χ1n) is 6.48. The smallest absolute Gasteiger partial charge is 0.381 e. The van der Waals surface area contributed by atoms with Gasteiger partial charge in [0.2, 0.25) is 5.95 Å². The van der Waals surface area contributed by atoms with Crippen molar-refractivity contribution >= 4 is 11.8 Å². The molecule has 2 rings (SSSR count). The van der Waals surface area contributed by atoms with Crippen molar-refractivity contribution in [1.82, 2.24) is 9.97 Å². The van der Waals surface area contributed by atoms with Gasteiger partial charge >= 0.3 is 6.18 Å². The first-order valence-corrected chi connectivity index (χ1v) is 6.48. The summed E-state index contributed by atoms with van der Waals surface area (Å²) in [5.74, 6) is 0.387. The molecule has 5 nitrogen and oxygen atoms in total. The topological polar surface area (TPSA) is 73.1 Å². The highest BCUT2D eigenvalue weighted by Crippen LogP contribution is 2.29. The van der Waals surface area contributed by atoms with Crippen LogP contribution in [0.4, 0.5) is 24.9 Å². The van der Waals surface area contributed by atoms with Crippen molar-refractivity contribution in [1.29, 1.82) is 0 Å². The largest absolute Gasteiger partial charge is 0.433 e. The van der Waals surface area contributed by atoms with Crippen LogP contribution in [0, 0.1) is 5.92 Å². The summed E-state index contributed by atoms with van der Waals surface area (Å²) >= 11 is 0. The molecule has 0 unspecified atom stereocenters. The van der Waals surface area contributed by atoms with Gasteiger partial charge in [0.1, 0.15) is 5.82 Å². The molecule has 1 heterocycles. The van der Waals surface area contributed by atoms with Crippen LogP contribution in [0.3, 0.4) is 0 Å². The summed E-state index contributed by atoms with van der Waals surface area (Å²) in [5.41, 5.74) is 4.22. The molecular formula is C12H17F3N4O. The summed E-state index contributed by atoms with van der Waals surface area (Å²) in [7, 11) is 0. The maximum absolute atomic E-state index is 12.5. The summed E-state index contributed by atoms with van der Waals surface area (Å²) in [5, 5.41) is 2.79. The van der Waals surface area contributed by atoms with E-state index in [1.54, 1.807) is 0 Å². The molecule has 1 saturated carbocycles. The number of hydrogen-bond donors (Lipinski definition) is 2. The molecule has 1 aromatic heterocycles. The molecule has 3 N–H and O–H groups in total. The van der Waals surface area contributed by atoms with Gasteiger partial charge in [-0.1, -0.05) is 0 Å². The van der Waals surface area contributed by atoms with Gasteiger partial charge in [-0.15, -0.1) is 0 Å². The molecule has 112 valence electrons. The van der Waals surface area contributed by atoms with Crippen LogP contribution in [0.15, 0.2) is 6.07 Å². The highest BCUT2D eigenvalue weighted by Gasteiger charge is 2.33. The minimum Gasteiger partial charge on any atom is -0.381 e. The average Bonchev–Trinajstić information content (AvgIpc) is 3.16. The Bertz CT molecular complexity index is 449. The molecule has 8 heteroatoms. The van der Waals surface area contributed by atoms with Crippen LogP contribution in [0.2, 0.25) is 0 Å². The monoisotopic (exact) mass is 290 g/mol. The second-order valence-electron chi connectivity index (χ2n) is 4.79. The van der Waals surface area contributed by atoms with Crippen LogP contribution in [0.25, 0.3) is 0 Å². The molecule has 20 heavy (non-hydrogen) atoms. The number of nitrogens with two attached hydrogens (primary N) is 1. The van der Waals surface area contributed by atoms with E-state index in [9.17, 15) is 13.2 Å². The lowest BCUT2D eigenvalue weighted by molar-refractivity contribution is -0.141. The van der Waals surface area contributed by atoms with E-state index in [0.29, 0.717) is 25.5 Å². The van der Waals surface area contributed by atoms with Crippen LogP contribution in [0.5, 0.6) is 0 Å². The van der Waals surface area contributed by atoms with E-state index in [4.69, 9.17) is 10.5 Å². The Hall–Kier alpha value is -1.57. The zero-order chi connectivity index (χ0) is 14.6. The zero-order valence-corrected chi connectivity index (χ0v) is 10.9.